The van der Waals surface area contributed by atoms with E-state index in [-0.39, 0.29) is 6.04 Å². The molecule has 0 bridgehead atoms. The van der Waals surface area contributed by atoms with Crippen LogP contribution in [-0.4, -0.2) is 16.0 Å². The van der Waals surface area contributed by atoms with Crippen molar-refractivity contribution in [2.45, 2.75) is 19.4 Å². The van der Waals surface area contributed by atoms with E-state index in [9.17, 15) is 0 Å². The maximum Gasteiger partial charge on any atom is 0.124 e. The minimum atomic E-state index is 0.277. The molecule has 3 N–H and O–H groups in total. The van der Waals surface area contributed by atoms with Gasteiger partial charge in [0.25, 0.3) is 0 Å². The zero-order valence-electron chi connectivity index (χ0n) is 10.8. The molecule has 0 aliphatic carbocycles. The van der Waals surface area contributed by atoms with E-state index in [4.69, 9.17) is 18.0 Å². The molecular weight excluding hydrogens is 254 g/mol. The molecule has 19 heavy (non-hydrogen) atoms. The molecule has 0 radical (unpaired) electrons. The molecule has 0 aliphatic heterocycles. The number of nitrogens with zero attached hydrogens (tertiary/aromatic N) is 1. The van der Waals surface area contributed by atoms with Gasteiger partial charge in [0.15, 0.2) is 0 Å². The molecule has 1 aromatic heterocycles. The Morgan fingerprint density at radius 3 is 2.68 bits per heavy atom. The molecular formula is C15H17N3S. The van der Waals surface area contributed by atoms with Gasteiger partial charge in [0.2, 0.25) is 0 Å². The van der Waals surface area contributed by atoms with Gasteiger partial charge in [-0.05, 0) is 31.0 Å². The minimum absolute atomic E-state index is 0.277. The molecule has 0 spiro atoms. The second kappa shape index (κ2) is 6.29. The molecule has 2 aromatic rings. The largest absolute Gasteiger partial charge is 0.388 e. The van der Waals surface area contributed by atoms with E-state index in [0.717, 1.165) is 12.1 Å². The van der Waals surface area contributed by atoms with Crippen LogP contribution in [0.4, 0.5) is 5.69 Å². The molecule has 4 heteroatoms. The topological polar surface area (TPSA) is 50.9 Å². The van der Waals surface area contributed by atoms with Crippen LogP contribution in [0.5, 0.6) is 0 Å². The number of hydrogen-bond acceptors (Lipinski definition) is 3. The summed E-state index contributed by atoms with van der Waals surface area (Å²) in [7, 11) is 0. The maximum absolute atomic E-state index is 5.67. The van der Waals surface area contributed by atoms with Crippen molar-refractivity contribution in [1.82, 2.24) is 4.98 Å². The molecule has 0 fully saturated rings. The fourth-order valence-corrected chi connectivity index (χ4v) is 2.16. The lowest BCUT2D eigenvalue weighted by Gasteiger charge is -2.17. The van der Waals surface area contributed by atoms with Gasteiger partial charge in [0, 0.05) is 12.2 Å². The predicted octanol–water partition coefficient (Wildman–Crippen LogP) is 2.76. The number of anilines is 1. The van der Waals surface area contributed by atoms with Crippen LogP contribution < -0.4 is 11.1 Å². The van der Waals surface area contributed by atoms with Crippen LogP contribution in [-0.2, 0) is 6.42 Å². The molecule has 3 nitrogen and oxygen atoms in total. The first kappa shape index (κ1) is 13.5. The summed E-state index contributed by atoms with van der Waals surface area (Å²) in [6.07, 6.45) is 2.63. The number of benzene rings is 1. The van der Waals surface area contributed by atoms with Gasteiger partial charge in [-0.2, -0.15) is 0 Å². The lowest BCUT2D eigenvalue weighted by Crippen LogP contribution is -2.22. The third-order valence-electron chi connectivity index (χ3n) is 2.83. The highest BCUT2D eigenvalue weighted by molar-refractivity contribution is 7.80. The van der Waals surface area contributed by atoms with Crippen molar-refractivity contribution in [3.05, 3.63) is 59.9 Å². The third-order valence-corrected chi connectivity index (χ3v) is 3.02. The average Bonchev–Trinajstić information content (AvgIpc) is 2.40. The van der Waals surface area contributed by atoms with Gasteiger partial charge in [-0.1, -0.05) is 42.5 Å². The highest BCUT2D eigenvalue weighted by atomic mass is 32.1. The van der Waals surface area contributed by atoms with E-state index in [0.29, 0.717) is 10.7 Å². The molecule has 1 unspecified atom stereocenters. The maximum atomic E-state index is 5.67. The van der Waals surface area contributed by atoms with Crippen LogP contribution in [0.2, 0.25) is 0 Å². The second-order valence-electron chi connectivity index (χ2n) is 4.50. The first-order valence-electron chi connectivity index (χ1n) is 6.22. The lowest BCUT2D eigenvalue weighted by atomic mass is 10.1. The Morgan fingerprint density at radius 2 is 2.00 bits per heavy atom. The van der Waals surface area contributed by atoms with E-state index in [2.05, 4.69) is 29.4 Å². The van der Waals surface area contributed by atoms with Gasteiger partial charge in [-0.25, -0.2) is 0 Å². The Hall–Kier alpha value is -1.94. The summed E-state index contributed by atoms with van der Waals surface area (Å²) in [6, 6.07) is 14.5. The van der Waals surface area contributed by atoms with E-state index in [1.54, 1.807) is 6.20 Å². The normalized spacial score (nSPS) is 11.8. The molecule has 1 atom stereocenters. The molecule has 0 saturated heterocycles. The van der Waals surface area contributed by atoms with Gasteiger partial charge < -0.3 is 11.1 Å². The monoisotopic (exact) mass is 271 g/mol. The molecule has 2 rings (SSSR count). The van der Waals surface area contributed by atoms with Gasteiger partial charge >= 0.3 is 0 Å². The van der Waals surface area contributed by atoms with Crippen LogP contribution in [0.15, 0.2) is 48.7 Å². The Bertz CT molecular complexity index is 554. The summed E-state index contributed by atoms with van der Waals surface area (Å²) in [5.41, 5.74) is 8.50. The molecule has 1 aromatic carbocycles. The van der Waals surface area contributed by atoms with Gasteiger partial charge in [0.1, 0.15) is 10.7 Å². The van der Waals surface area contributed by atoms with Crippen molar-refractivity contribution >= 4 is 22.9 Å². The standard InChI is InChI=1S/C15H17N3S/c1-11(10-12-6-3-2-4-7-12)18-13-8-5-9-17-14(13)15(16)19/h2-9,11,18H,10H2,1H3,(H2,16,19). The van der Waals surface area contributed by atoms with Crippen LogP contribution in [0.3, 0.4) is 0 Å². The van der Waals surface area contributed by atoms with Gasteiger partial charge in [-0.3, -0.25) is 4.98 Å². The van der Waals surface area contributed by atoms with Crippen LogP contribution in [0.25, 0.3) is 0 Å². The minimum Gasteiger partial charge on any atom is -0.388 e. The van der Waals surface area contributed by atoms with Crippen LogP contribution in [0, 0.1) is 0 Å². The van der Waals surface area contributed by atoms with E-state index in [1.807, 2.05) is 30.3 Å². The first-order valence-corrected chi connectivity index (χ1v) is 6.63. The summed E-state index contributed by atoms with van der Waals surface area (Å²) < 4.78 is 0. The van der Waals surface area contributed by atoms with E-state index < -0.39 is 0 Å². The van der Waals surface area contributed by atoms with Crippen LogP contribution in [0.1, 0.15) is 18.2 Å². The number of rotatable bonds is 5. The molecule has 0 aliphatic rings. The number of aromatic nitrogens is 1. The SMILES string of the molecule is CC(Cc1ccccc1)Nc1cccnc1C(N)=S. The van der Waals surface area contributed by atoms with Crippen LogP contribution >= 0.6 is 12.2 Å². The number of pyridine rings is 1. The third kappa shape index (κ3) is 3.76. The van der Waals surface area contributed by atoms with Crippen molar-refractivity contribution in [1.29, 1.82) is 0 Å². The Balaban J connectivity index is 2.07. The summed E-state index contributed by atoms with van der Waals surface area (Å²) >= 11 is 5.01. The molecule has 1 heterocycles. The van der Waals surface area contributed by atoms with Crippen molar-refractivity contribution in [2.24, 2.45) is 5.73 Å². The quantitative estimate of drug-likeness (QED) is 0.821. The molecule has 0 saturated carbocycles. The Morgan fingerprint density at radius 1 is 1.26 bits per heavy atom. The number of hydrogen-bond donors (Lipinski definition) is 2. The summed E-state index contributed by atoms with van der Waals surface area (Å²) in [6.45, 7) is 2.13. The van der Waals surface area contributed by atoms with Gasteiger partial charge in [0.05, 0.1) is 5.69 Å². The number of thiocarbonyl (C=S) groups is 1. The summed E-state index contributed by atoms with van der Waals surface area (Å²) in [4.78, 5) is 4.52. The van der Waals surface area contributed by atoms with Crippen molar-refractivity contribution in [2.75, 3.05) is 5.32 Å². The Kier molecular flexibility index (Phi) is 4.47. The highest BCUT2D eigenvalue weighted by Crippen LogP contribution is 2.15. The van der Waals surface area contributed by atoms with Crippen molar-refractivity contribution in [3.8, 4) is 0 Å². The second-order valence-corrected chi connectivity index (χ2v) is 4.94. The first-order chi connectivity index (χ1) is 9.16. The average molecular weight is 271 g/mol. The molecule has 98 valence electrons. The number of nitrogens with two attached hydrogens (primary N) is 1. The lowest BCUT2D eigenvalue weighted by molar-refractivity contribution is 0.789. The summed E-state index contributed by atoms with van der Waals surface area (Å²) in [5, 5.41) is 3.41. The number of nitrogens with one attached hydrogen (secondary N) is 1. The highest BCUT2D eigenvalue weighted by Gasteiger charge is 2.09. The predicted molar refractivity (Wildman–Crippen MR) is 83.4 cm³/mol. The fourth-order valence-electron chi connectivity index (χ4n) is 2.00. The Labute approximate surface area is 118 Å². The van der Waals surface area contributed by atoms with Crippen molar-refractivity contribution < 1.29 is 0 Å². The van der Waals surface area contributed by atoms with E-state index in [1.165, 1.54) is 5.56 Å². The zero-order valence-corrected chi connectivity index (χ0v) is 11.7. The van der Waals surface area contributed by atoms with Gasteiger partial charge in [-0.15, -0.1) is 0 Å². The zero-order chi connectivity index (χ0) is 13.7. The summed E-state index contributed by atoms with van der Waals surface area (Å²) in [5.74, 6) is 0. The van der Waals surface area contributed by atoms with E-state index >= 15 is 0 Å². The fraction of sp³-hybridized carbons (Fsp3) is 0.200. The molecule has 0 amide bonds. The smallest absolute Gasteiger partial charge is 0.124 e. The van der Waals surface area contributed by atoms with Crippen molar-refractivity contribution in [3.63, 3.8) is 0 Å².